The van der Waals surface area contributed by atoms with Crippen LogP contribution in [0.2, 0.25) is 0 Å². The Hall–Kier alpha value is -1.94. The summed E-state index contributed by atoms with van der Waals surface area (Å²) in [6, 6.07) is 11.0. The first-order valence-electron chi connectivity index (χ1n) is 6.22. The first-order chi connectivity index (χ1) is 9.25. The van der Waals surface area contributed by atoms with Crippen molar-refractivity contribution in [3.8, 4) is 0 Å². The topological polar surface area (TPSA) is 46.2 Å². The van der Waals surface area contributed by atoms with Gasteiger partial charge in [0.25, 0.3) is 5.91 Å². The third kappa shape index (κ3) is 2.31. The minimum atomic E-state index is -0.0860. The Balaban J connectivity index is 1.81. The van der Waals surface area contributed by atoms with Gasteiger partial charge in [-0.1, -0.05) is 18.2 Å². The summed E-state index contributed by atoms with van der Waals surface area (Å²) in [5.41, 5.74) is 1.61. The third-order valence-corrected chi connectivity index (χ3v) is 4.30. The minimum absolute atomic E-state index is 0.0494. The van der Waals surface area contributed by atoms with Crippen molar-refractivity contribution in [3.05, 3.63) is 57.8 Å². The summed E-state index contributed by atoms with van der Waals surface area (Å²) < 4.78 is 0. The van der Waals surface area contributed by atoms with Gasteiger partial charge in [-0.2, -0.15) is 0 Å². The summed E-state index contributed by atoms with van der Waals surface area (Å²) in [5, 5.41) is 4.93. The van der Waals surface area contributed by atoms with E-state index in [2.05, 4.69) is 5.32 Å². The molecule has 1 amide bonds. The number of hydrogen-bond donors (Lipinski definition) is 1. The molecule has 1 aliphatic rings. The molecule has 0 bridgehead atoms. The van der Waals surface area contributed by atoms with Gasteiger partial charge in [-0.3, -0.25) is 9.59 Å². The highest BCUT2D eigenvalue weighted by atomic mass is 32.1. The fourth-order valence-electron chi connectivity index (χ4n) is 2.35. The van der Waals surface area contributed by atoms with Crippen LogP contribution < -0.4 is 5.32 Å². The van der Waals surface area contributed by atoms with E-state index in [1.807, 2.05) is 29.6 Å². The fraction of sp³-hybridized carbons (Fsp3) is 0.200. The average Bonchev–Trinajstić information content (AvgIpc) is 2.93. The van der Waals surface area contributed by atoms with Crippen molar-refractivity contribution in [2.24, 2.45) is 0 Å². The highest BCUT2D eigenvalue weighted by Crippen LogP contribution is 2.33. The Bertz CT molecular complexity index is 618. The molecule has 2 aromatic rings. The lowest BCUT2D eigenvalue weighted by molar-refractivity contribution is 0.0905. The monoisotopic (exact) mass is 271 g/mol. The summed E-state index contributed by atoms with van der Waals surface area (Å²) in [6.07, 6.45) is 1.19. The number of rotatable bonds is 2. The van der Waals surface area contributed by atoms with Gasteiger partial charge in [-0.15, -0.1) is 11.3 Å². The van der Waals surface area contributed by atoms with E-state index in [1.165, 1.54) is 11.3 Å². The first kappa shape index (κ1) is 12.1. The minimum Gasteiger partial charge on any atom is -0.345 e. The molecule has 19 heavy (non-hydrogen) atoms. The fourth-order valence-corrected chi connectivity index (χ4v) is 3.28. The van der Waals surface area contributed by atoms with E-state index in [4.69, 9.17) is 0 Å². The zero-order valence-electron chi connectivity index (χ0n) is 10.3. The van der Waals surface area contributed by atoms with Gasteiger partial charge in [0.05, 0.1) is 10.9 Å². The van der Waals surface area contributed by atoms with Gasteiger partial charge < -0.3 is 5.32 Å². The molecule has 1 aliphatic carbocycles. The molecule has 1 atom stereocenters. The van der Waals surface area contributed by atoms with Crippen molar-refractivity contribution in [2.45, 2.75) is 18.9 Å². The van der Waals surface area contributed by atoms with Crippen molar-refractivity contribution in [2.75, 3.05) is 0 Å². The quantitative estimate of drug-likeness (QED) is 0.911. The summed E-state index contributed by atoms with van der Waals surface area (Å²) >= 11 is 1.46. The molecule has 0 saturated carbocycles. The molecular formula is C15H13NO2S. The molecule has 0 fully saturated rings. The zero-order chi connectivity index (χ0) is 13.2. The molecule has 0 saturated heterocycles. The van der Waals surface area contributed by atoms with Crippen molar-refractivity contribution in [1.82, 2.24) is 5.32 Å². The third-order valence-electron chi connectivity index (χ3n) is 3.33. The molecule has 1 aromatic heterocycles. The van der Waals surface area contributed by atoms with Gasteiger partial charge in [0.15, 0.2) is 5.78 Å². The Morgan fingerprint density at radius 2 is 2.00 bits per heavy atom. The van der Waals surface area contributed by atoms with Crippen molar-refractivity contribution < 1.29 is 9.59 Å². The normalized spacial score (nSPS) is 17.9. The van der Waals surface area contributed by atoms with E-state index in [-0.39, 0.29) is 17.7 Å². The van der Waals surface area contributed by atoms with Crippen LogP contribution in [0.3, 0.4) is 0 Å². The van der Waals surface area contributed by atoms with Gasteiger partial charge in [0, 0.05) is 12.0 Å². The van der Waals surface area contributed by atoms with E-state index < -0.39 is 0 Å². The van der Waals surface area contributed by atoms with Crippen molar-refractivity contribution in [3.63, 3.8) is 0 Å². The van der Waals surface area contributed by atoms with Gasteiger partial charge >= 0.3 is 0 Å². The number of hydrogen-bond acceptors (Lipinski definition) is 3. The molecule has 1 N–H and O–H groups in total. The Labute approximate surface area is 115 Å². The molecular weight excluding hydrogens is 258 g/mol. The number of ketones is 1. The maximum Gasteiger partial charge on any atom is 0.251 e. The van der Waals surface area contributed by atoms with Crippen LogP contribution in [0.15, 0.2) is 41.8 Å². The highest BCUT2D eigenvalue weighted by Gasteiger charge is 2.27. The number of Topliss-reactive ketones (excluding diaryl/α,β-unsaturated/α-hetero) is 1. The van der Waals surface area contributed by atoms with Crippen LogP contribution in [-0.4, -0.2) is 11.7 Å². The lowest BCUT2D eigenvalue weighted by atomic mass is 9.93. The van der Waals surface area contributed by atoms with Crippen LogP contribution >= 0.6 is 11.3 Å². The smallest absolute Gasteiger partial charge is 0.251 e. The van der Waals surface area contributed by atoms with E-state index in [1.54, 1.807) is 12.1 Å². The number of carbonyl (C=O) groups excluding carboxylic acids is 2. The van der Waals surface area contributed by atoms with E-state index in [9.17, 15) is 9.59 Å². The summed E-state index contributed by atoms with van der Waals surface area (Å²) in [4.78, 5) is 24.7. The van der Waals surface area contributed by atoms with Crippen LogP contribution in [0.25, 0.3) is 0 Å². The van der Waals surface area contributed by atoms with Gasteiger partial charge in [-0.25, -0.2) is 0 Å². The molecule has 1 heterocycles. The maximum atomic E-state index is 12.1. The van der Waals surface area contributed by atoms with Gasteiger partial charge in [-0.05, 0) is 35.6 Å². The Morgan fingerprint density at radius 1 is 1.21 bits per heavy atom. The van der Waals surface area contributed by atoms with Crippen LogP contribution in [0.4, 0.5) is 0 Å². The second kappa shape index (κ2) is 4.97. The number of amides is 1. The predicted molar refractivity (Wildman–Crippen MR) is 74.5 cm³/mol. The Morgan fingerprint density at radius 3 is 2.79 bits per heavy atom. The summed E-state index contributed by atoms with van der Waals surface area (Å²) in [7, 11) is 0. The van der Waals surface area contributed by atoms with Crippen molar-refractivity contribution in [1.29, 1.82) is 0 Å². The van der Waals surface area contributed by atoms with Crippen LogP contribution in [-0.2, 0) is 0 Å². The van der Waals surface area contributed by atoms with Crippen molar-refractivity contribution >= 4 is 23.0 Å². The van der Waals surface area contributed by atoms with Crippen LogP contribution in [0.5, 0.6) is 0 Å². The number of thiophene rings is 1. The average molecular weight is 271 g/mol. The summed E-state index contributed by atoms with van der Waals surface area (Å²) in [6.45, 7) is 0. The number of fused-ring (bicyclic) bond motifs is 1. The molecule has 0 spiro atoms. The maximum absolute atomic E-state index is 12.1. The molecule has 96 valence electrons. The van der Waals surface area contributed by atoms with E-state index in [0.717, 1.165) is 10.4 Å². The van der Waals surface area contributed by atoms with Gasteiger partial charge in [0.1, 0.15) is 0 Å². The molecule has 3 rings (SSSR count). The predicted octanol–water partition coefficient (Wildman–Crippen LogP) is 3.20. The lowest BCUT2D eigenvalue weighted by Gasteiger charge is -2.23. The number of nitrogens with one attached hydrogen (secondary N) is 1. The van der Waals surface area contributed by atoms with Crippen LogP contribution in [0.1, 0.15) is 44.5 Å². The largest absolute Gasteiger partial charge is 0.345 e. The SMILES string of the molecule is O=C(NC1CCC(=O)c2sccc21)c1ccccc1. The highest BCUT2D eigenvalue weighted by molar-refractivity contribution is 7.12. The number of carbonyl (C=O) groups is 2. The second-order valence-electron chi connectivity index (χ2n) is 4.56. The molecule has 1 aromatic carbocycles. The van der Waals surface area contributed by atoms with E-state index >= 15 is 0 Å². The molecule has 0 aliphatic heterocycles. The molecule has 3 nitrogen and oxygen atoms in total. The standard InChI is InChI=1S/C15H13NO2S/c17-13-7-6-12(11-8-9-19-14(11)13)16-15(18)10-4-2-1-3-5-10/h1-5,8-9,12H,6-7H2,(H,16,18). The molecule has 0 radical (unpaired) electrons. The molecule has 4 heteroatoms. The zero-order valence-corrected chi connectivity index (χ0v) is 11.1. The summed E-state index contributed by atoms with van der Waals surface area (Å²) in [5.74, 6) is 0.104. The van der Waals surface area contributed by atoms with Crippen LogP contribution in [0, 0.1) is 0 Å². The Kier molecular flexibility index (Phi) is 3.17. The number of benzene rings is 1. The second-order valence-corrected chi connectivity index (χ2v) is 5.48. The van der Waals surface area contributed by atoms with Gasteiger partial charge in [0.2, 0.25) is 0 Å². The molecule has 1 unspecified atom stereocenters. The van der Waals surface area contributed by atoms with E-state index in [0.29, 0.717) is 18.4 Å². The lowest BCUT2D eigenvalue weighted by Crippen LogP contribution is -2.31. The first-order valence-corrected chi connectivity index (χ1v) is 7.10.